The molecule has 0 aliphatic heterocycles. The van der Waals surface area contributed by atoms with E-state index in [0.717, 1.165) is 17.7 Å². The average Bonchev–Trinajstić information content (AvgIpc) is 2.59. The molecule has 3 rings (SSSR count). The van der Waals surface area contributed by atoms with Crippen LogP contribution < -0.4 is 4.74 Å². The van der Waals surface area contributed by atoms with Crippen molar-refractivity contribution in [2.24, 2.45) is 0 Å². The van der Waals surface area contributed by atoms with Gasteiger partial charge in [-0.2, -0.15) is 0 Å². The molecule has 0 spiro atoms. The lowest BCUT2D eigenvalue weighted by Gasteiger charge is -2.14. The molecule has 0 aromatic heterocycles. The molecule has 0 heterocycles. The summed E-state index contributed by atoms with van der Waals surface area (Å²) in [5, 5.41) is 9.40. The number of hydrogen-bond acceptors (Lipinski definition) is 2. The Balaban J connectivity index is 2.13. The second kappa shape index (κ2) is 6.50. The Kier molecular flexibility index (Phi) is 4.24. The van der Waals surface area contributed by atoms with E-state index in [1.54, 1.807) is 24.3 Å². The number of rotatable bonds is 4. The monoisotopic (exact) mass is 326 g/mol. The lowest BCUT2D eigenvalue weighted by atomic mass is 10.0. The minimum atomic E-state index is -1.18. The Morgan fingerprint density at radius 2 is 1.62 bits per heavy atom. The van der Waals surface area contributed by atoms with Crippen molar-refractivity contribution in [3.63, 3.8) is 0 Å². The first kappa shape index (κ1) is 15.7. The lowest BCUT2D eigenvalue weighted by Crippen LogP contribution is -2.02. The highest BCUT2D eigenvalue weighted by atomic mass is 19.2. The Bertz CT molecular complexity index is 892. The highest BCUT2D eigenvalue weighted by Crippen LogP contribution is 2.36. The zero-order valence-electron chi connectivity index (χ0n) is 12.4. The highest BCUT2D eigenvalue weighted by molar-refractivity contribution is 5.94. The Labute approximate surface area is 136 Å². The summed E-state index contributed by atoms with van der Waals surface area (Å²) in [4.78, 5) is 11.5. The molecular weight excluding hydrogens is 314 g/mol. The summed E-state index contributed by atoms with van der Waals surface area (Å²) in [6, 6.07) is 16.8. The van der Waals surface area contributed by atoms with E-state index in [0.29, 0.717) is 5.56 Å². The maximum Gasteiger partial charge on any atom is 0.339 e. The van der Waals surface area contributed by atoms with Crippen molar-refractivity contribution < 1.29 is 23.4 Å². The summed E-state index contributed by atoms with van der Waals surface area (Å²) in [7, 11) is 0. The molecular formula is C19H12F2O3. The minimum absolute atomic E-state index is 0.0137. The van der Waals surface area contributed by atoms with E-state index in [1.807, 2.05) is 18.2 Å². The molecule has 0 atom stereocenters. The molecule has 0 saturated carbocycles. The summed E-state index contributed by atoms with van der Waals surface area (Å²) >= 11 is 0. The van der Waals surface area contributed by atoms with Crippen LogP contribution in [-0.4, -0.2) is 11.1 Å². The van der Waals surface area contributed by atoms with Crippen molar-refractivity contribution in [3.05, 3.63) is 83.9 Å². The van der Waals surface area contributed by atoms with Crippen molar-refractivity contribution in [3.8, 4) is 22.6 Å². The van der Waals surface area contributed by atoms with Crippen LogP contribution in [0.15, 0.2) is 66.7 Å². The van der Waals surface area contributed by atoms with Crippen LogP contribution in [-0.2, 0) is 0 Å². The summed E-state index contributed by atoms with van der Waals surface area (Å²) in [6.45, 7) is 0. The predicted molar refractivity (Wildman–Crippen MR) is 85.3 cm³/mol. The van der Waals surface area contributed by atoms with Crippen LogP contribution in [0, 0.1) is 11.6 Å². The molecule has 24 heavy (non-hydrogen) atoms. The minimum Gasteiger partial charge on any atom is -0.478 e. The largest absolute Gasteiger partial charge is 0.478 e. The van der Waals surface area contributed by atoms with E-state index < -0.39 is 17.6 Å². The van der Waals surface area contributed by atoms with Crippen molar-refractivity contribution in [1.82, 2.24) is 0 Å². The van der Waals surface area contributed by atoms with Gasteiger partial charge in [-0.15, -0.1) is 0 Å². The third-order valence-corrected chi connectivity index (χ3v) is 3.44. The van der Waals surface area contributed by atoms with Crippen LogP contribution in [0.2, 0.25) is 0 Å². The van der Waals surface area contributed by atoms with Gasteiger partial charge in [-0.25, -0.2) is 13.6 Å². The van der Waals surface area contributed by atoms with Gasteiger partial charge >= 0.3 is 5.97 Å². The quantitative estimate of drug-likeness (QED) is 0.723. The normalized spacial score (nSPS) is 10.4. The standard InChI is InChI=1S/C19H12F2O3/c20-16-10-9-13(11-17(16)21)24-18-14(12-5-2-1-3-6-12)7-4-8-15(18)19(22)23/h1-11H,(H,22,23). The first-order valence-electron chi connectivity index (χ1n) is 7.11. The fraction of sp³-hybridized carbons (Fsp3) is 0. The number of carbonyl (C=O) groups is 1. The van der Waals surface area contributed by atoms with E-state index in [4.69, 9.17) is 4.74 Å². The molecule has 3 nitrogen and oxygen atoms in total. The van der Waals surface area contributed by atoms with Crippen molar-refractivity contribution in [2.45, 2.75) is 0 Å². The summed E-state index contributed by atoms with van der Waals surface area (Å²) in [6.07, 6.45) is 0. The Hall–Kier alpha value is -3.21. The molecule has 0 saturated heterocycles. The molecule has 0 unspecified atom stereocenters. The van der Waals surface area contributed by atoms with Gasteiger partial charge in [0, 0.05) is 11.6 Å². The van der Waals surface area contributed by atoms with Gasteiger partial charge in [-0.1, -0.05) is 42.5 Å². The second-order valence-electron chi connectivity index (χ2n) is 5.03. The van der Waals surface area contributed by atoms with Crippen LogP contribution in [0.1, 0.15) is 10.4 Å². The number of carboxylic acids is 1. The predicted octanol–water partition coefficient (Wildman–Crippen LogP) is 5.12. The van der Waals surface area contributed by atoms with E-state index in [-0.39, 0.29) is 17.1 Å². The molecule has 0 aliphatic carbocycles. The second-order valence-corrected chi connectivity index (χ2v) is 5.03. The fourth-order valence-electron chi connectivity index (χ4n) is 2.32. The van der Waals surface area contributed by atoms with Gasteiger partial charge in [0.1, 0.15) is 17.1 Å². The van der Waals surface area contributed by atoms with Gasteiger partial charge < -0.3 is 9.84 Å². The first-order valence-corrected chi connectivity index (χ1v) is 7.11. The van der Waals surface area contributed by atoms with Crippen LogP contribution in [0.25, 0.3) is 11.1 Å². The number of carboxylic acid groups (broad SMARTS) is 1. The van der Waals surface area contributed by atoms with Crippen molar-refractivity contribution >= 4 is 5.97 Å². The van der Waals surface area contributed by atoms with E-state index >= 15 is 0 Å². The third kappa shape index (κ3) is 3.10. The number of benzene rings is 3. The highest BCUT2D eigenvalue weighted by Gasteiger charge is 2.18. The zero-order valence-corrected chi connectivity index (χ0v) is 12.4. The average molecular weight is 326 g/mol. The maximum absolute atomic E-state index is 13.4. The molecule has 120 valence electrons. The van der Waals surface area contributed by atoms with Crippen LogP contribution in [0.4, 0.5) is 8.78 Å². The summed E-state index contributed by atoms with van der Waals surface area (Å²) in [5.41, 5.74) is 1.22. The molecule has 3 aromatic carbocycles. The maximum atomic E-state index is 13.4. The number of halogens is 2. The summed E-state index contributed by atoms with van der Waals surface area (Å²) in [5.74, 6) is -3.16. The van der Waals surface area contributed by atoms with Gasteiger partial charge in [0.05, 0.1) is 0 Å². The van der Waals surface area contributed by atoms with Crippen LogP contribution >= 0.6 is 0 Å². The van der Waals surface area contributed by atoms with Crippen LogP contribution in [0.5, 0.6) is 11.5 Å². The number of hydrogen-bond donors (Lipinski definition) is 1. The molecule has 0 radical (unpaired) electrons. The number of aromatic carboxylic acids is 1. The van der Waals surface area contributed by atoms with E-state index in [9.17, 15) is 18.7 Å². The van der Waals surface area contributed by atoms with Gasteiger partial charge in [-0.05, 0) is 23.8 Å². The lowest BCUT2D eigenvalue weighted by molar-refractivity contribution is 0.0694. The first-order chi connectivity index (χ1) is 11.6. The zero-order chi connectivity index (χ0) is 17.1. The van der Waals surface area contributed by atoms with Gasteiger partial charge in [0.25, 0.3) is 0 Å². The molecule has 0 aliphatic rings. The van der Waals surface area contributed by atoms with Crippen LogP contribution in [0.3, 0.4) is 0 Å². The SMILES string of the molecule is O=C(O)c1cccc(-c2ccccc2)c1Oc1ccc(F)c(F)c1. The van der Waals surface area contributed by atoms with E-state index in [1.165, 1.54) is 12.1 Å². The van der Waals surface area contributed by atoms with E-state index in [2.05, 4.69) is 0 Å². The van der Waals surface area contributed by atoms with Gasteiger partial charge in [-0.3, -0.25) is 0 Å². The number of ether oxygens (including phenoxy) is 1. The molecule has 1 N–H and O–H groups in total. The van der Waals surface area contributed by atoms with Crippen molar-refractivity contribution in [1.29, 1.82) is 0 Å². The van der Waals surface area contributed by atoms with Crippen molar-refractivity contribution in [2.75, 3.05) is 0 Å². The third-order valence-electron chi connectivity index (χ3n) is 3.44. The summed E-state index contributed by atoms with van der Waals surface area (Å²) < 4.78 is 32.1. The topological polar surface area (TPSA) is 46.5 Å². The smallest absolute Gasteiger partial charge is 0.339 e. The van der Waals surface area contributed by atoms with Gasteiger partial charge in [0.15, 0.2) is 11.6 Å². The fourth-order valence-corrected chi connectivity index (χ4v) is 2.32. The molecule has 0 amide bonds. The number of para-hydroxylation sites is 1. The Morgan fingerprint density at radius 1 is 0.875 bits per heavy atom. The molecule has 5 heteroatoms. The Morgan fingerprint density at radius 3 is 2.29 bits per heavy atom. The molecule has 3 aromatic rings. The molecule has 0 fully saturated rings. The van der Waals surface area contributed by atoms with Gasteiger partial charge in [0.2, 0.25) is 0 Å². The molecule has 0 bridgehead atoms.